The molecule has 2 aromatic carbocycles. The molecule has 2 fully saturated rings. The minimum absolute atomic E-state index is 0.00571. The minimum atomic E-state index is 0.00571. The quantitative estimate of drug-likeness (QED) is 0.745. The Hall–Kier alpha value is -2.46. The van der Waals surface area contributed by atoms with Crippen molar-refractivity contribution >= 4 is 17.4 Å². The van der Waals surface area contributed by atoms with Gasteiger partial charge < -0.3 is 10.2 Å². The SMILES string of the molecule is Cc1cc(C(=O)c2ccccc2)ccc1NC(=O)C[C@H]1CCCN2CCCC[C@H]12. The molecule has 4 nitrogen and oxygen atoms in total. The summed E-state index contributed by atoms with van der Waals surface area (Å²) in [5.41, 5.74) is 3.05. The van der Waals surface area contributed by atoms with Gasteiger partial charge in [-0.3, -0.25) is 9.59 Å². The fraction of sp³-hybridized carbons (Fsp3) is 0.440. The average molecular weight is 391 g/mol. The molecule has 0 aromatic heterocycles. The van der Waals surface area contributed by atoms with Gasteiger partial charge in [0.1, 0.15) is 0 Å². The predicted octanol–water partition coefficient (Wildman–Crippen LogP) is 4.82. The summed E-state index contributed by atoms with van der Waals surface area (Å²) in [4.78, 5) is 28.0. The zero-order valence-corrected chi connectivity index (χ0v) is 17.2. The monoisotopic (exact) mass is 390 g/mol. The first-order valence-corrected chi connectivity index (χ1v) is 10.9. The van der Waals surface area contributed by atoms with Crippen molar-refractivity contribution in [2.24, 2.45) is 5.92 Å². The van der Waals surface area contributed by atoms with Crippen molar-refractivity contribution in [3.05, 3.63) is 65.2 Å². The van der Waals surface area contributed by atoms with Crippen LogP contribution in [0, 0.1) is 12.8 Å². The summed E-state index contributed by atoms with van der Waals surface area (Å²) >= 11 is 0. The Balaban J connectivity index is 1.40. The van der Waals surface area contributed by atoms with E-state index < -0.39 is 0 Å². The Labute approximate surface area is 173 Å². The Bertz CT molecular complexity index is 876. The summed E-state index contributed by atoms with van der Waals surface area (Å²) in [5.74, 6) is 0.558. The molecule has 2 aromatic rings. The van der Waals surface area contributed by atoms with Crippen molar-refractivity contribution in [3.63, 3.8) is 0 Å². The van der Waals surface area contributed by atoms with E-state index in [0.29, 0.717) is 29.5 Å². The number of hydrogen-bond donors (Lipinski definition) is 1. The van der Waals surface area contributed by atoms with Crippen molar-refractivity contribution in [1.82, 2.24) is 4.90 Å². The highest BCUT2D eigenvalue weighted by Crippen LogP contribution is 2.33. The van der Waals surface area contributed by atoms with Crippen LogP contribution in [0.15, 0.2) is 48.5 Å². The number of nitrogens with zero attached hydrogens (tertiary/aromatic N) is 1. The van der Waals surface area contributed by atoms with Crippen LogP contribution in [0.5, 0.6) is 0 Å². The fourth-order valence-electron chi connectivity index (χ4n) is 4.96. The molecule has 0 radical (unpaired) electrons. The van der Waals surface area contributed by atoms with Crippen molar-refractivity contribution in [1.29, 1.82) is 0 Å². The molecule has 2 heterocycles. The molecule has 1 N–H and O–H groups in total. The highest BCUT2D eigenvalue weighted by Gasteiger charge is 2.34. The second kappa shape index (κ2) is 8.91. The second-order valence-electron chi connectivity index (χ2n) is 8.48. The van der Waals surface area contributed by atoms with E-state index >= 15 is 0 Å². The molecule has 4 heteroatoms. The van der Waals surface area contributed by atoms with Gasteiger partial charge in [0, 0.05) is 29.3 Å². The van der Waals surface area contributed by atoms with Crippen LogP contribution in [0.25, 0.3) is 0 Å². The molecule has 0 spiro atoms. The second-order valence-corrected chi connectivity index (χ2v) is 8.48. The van der Waals surface area contributed by atoms with Crippen LogP contribution in [0.4, 0.5) is 5.69 Å². The first kappa shape index (κ1) is 19.8. The van der Waals surface area contributed by atoms with Gasteiger partial charge in [0.15, 0.2) is 5.78 Å². The molecular formula is C25H30N2O2. The van der Waals surface area contributed by atoms with Crippen LogP contribution in [0.3, 0.4) is 0 Å². The Morgan fingerprint density at radius 2 is 1.76 bits per heavy atom. The number of ketones is 1. The zero-order chi connectivity index (χ0) is 20.2. The van der Waals surface area contributed by atoms with Crippen molar-refractivity contribution in [2.45, 2.75) is 51.5 Å². The number of amides is 1. The highest BCUT2D eigenvalue weighted by atomic mass is 16.1. The van der Waals surface area contributed by atoms with E-state index in [1.54, 1.807) is 6.07 Å². The molecule has 152 valence electrons. The van der Waals surface area contributed by atoms with Crippen LogP contribution in [-0.2, 0) is 4.79 Å². The number of benzene rings is 2. The lowest BCUT2D eigenvalue weighted by atomic mass is 9.81. The maximum absolute atomic E-state index is 12.8. The van der Waals surface area contributed by atoms with Gasteiger partial charge in [0.05, 0.1) is 0 Å². The first-order valence-electron chi connectivity index (χ1n) is 10.9. The van der Waals surface area contributed by atoms with Gasteiger partial charge in [0.25, 0.3) is 0 Å². The number of piperidine rings is 2. The summed E-state index contributed by atoms with van der Waals surface area (Å²) in [6.45, 7) is 4.33. The standard InChI is InChI=1S/C25H30N2O2/c1-18-16-21(25(29)19-8-3-2-4-9-19)12-13-22(18)26-24(28)17-20-10-7-15-27-14-6-5-11-23(20)27/h2-4,8-9,12-13,16,20,23H,5-7,10-11,14-15,17H2,1H3,(H,26,28)/t20-,23-/m1/s1. The van der Waals surface area contributed by atoms with E-state index in [9.17, 15) is 9.59 Å². The Morgan fingerprint density at radius 1 is 0.966 bits per heavy atom. The van der Waals surface area contributed by atoms with Crippen LogP contribution >= 0.6 is 0 Å². The number of hydrogen-bond acceptors (Lipinski definition) is 3. The predicted molar refractivity (Wildman–Crippen MR) is 116 cm³/mol. The van der Waals surface area contributed by atoms with Crippen molar-refractivity contribution in [3.8, 4) is 0 Å². The number of anilines is 1. The molecule has 4 rings (SSSR count). The summed E-state index contributed by atoms with van der Waals surface area (Å²) in [7, 11) is 0. The molecule has 2 atom stereocenters. The Kier molecular flexibility index (Phi) is 6.10. The maximum Gasteiger partial charge on any atom is 0.224 e. The molecule has 1 amide bonds. The topological polar surface area (TPSA) is 49.4 Å². The number of carbonyl (C=O) groups is 2. The molecule has 0 saturated carbocycles. The number of nitrogens with one attached hydrogen (secondary N) is 1. The van der Waals surface area contributed by atoms with E-state index in [4.69, 9.17) is 0 Å². The summed E-state index contributed by atoms with van der Waals surface area (Å²) < 4.78 is 0. The molecule has 2 saturated heterocycles. The Morgan fingerprint density at radius 3 is 2.55 bits per heavy atom. The summed E-state index contributed by atoms with van der Waals surface area (Å²) in [6, 6.07) is 15.4. The highest BCUT2D eigenvalue weighted by molar-refractivity contribution is 6.09. The summed E-state index contributed by atoms with van der Waals surface area (Å²) in [5, 5.41) is 3.09. The molecule has 0 aliphatic carbocycles. The largest absolute Gasteiger partial charge is 0.326 e. The fourth-order valence-corrected chi connectivity index (χ4v) is 4.96. The zero-order valence-electron chi connectivity index (χ0n) is 17.2. The smallest absolute Gasteiger partial charge is 0.224 e. The lowest BCUT2D eigenvalue weighted by Crippen LogP contribution is -2.48. The lowest BCUT2D eigenvalue weighted by Gasteiger charge is -2.44. The third-order valence-electron chi connectivity index (χ3n) is 6.47. The minimum Gasteiger partial charge on any atom is -0.326 e. The summed E-state index contributed by atoms with van der Waals surface area (Å²) in [6.07, 6.45) is 6.75. The molecular weight excluding hydrogens is 360 g/mol. The van der Waals surface area contributed by atoms with Crippen LogP contribution in [0.2, 0.25) is 0 Å². The number of carbonyl (C=O) groups excluding carboxylic acids is 2. The molecule has 2 aliphatic rings. The van der Waals surface area contributed by atoms with E-state index in [1.807, 2.05) is 49.4 Å². The van der Waals surface area contributed by atoms with Crippen LogP contribution in [0.1, 0.15) is 60.0 Å². The van der Waals surface area contributed by atoms with Gasteiger partial charge in [-0.2, -0.15) is 0 Å². The number of rotatable bonds is 5. The van der Waals surface area contributed by atoms with Crippen LogP contribution in [-0.4, -0.2) is 35.7 Å². The lowest BCUT2D eigenvalue weighted by molar-refractivity contribution is -0.118. The molecule has 0 unspecified atom stereocenters. The van der Waals surface area contributed by atoms with Crippen molar-refractivity contribution < 1.29 is 9.59 Å². The maximum atomic E-state index is 12.8. The van der Waals surface area contributed by atoms with Gasteiger partial charge in [-0.25, -0.2) is 0 Å². The van der Waals surface area contributed by atoms with Crippen molar-refractivity contribution in [2.75, 3.05) is 18.4 Å². The first-order chi connectivity index (χ1) is 14.1. The third kappa shape index (κ3) is 4.59. The number of aryl methyl sites for hydroxylation is 1. The van der Waals surface area contributed by atoms with E-state index in [0.717, 1.165) is 17.7 Å². The normalized spacial score (nSPS) is 22.0. The number of fused-ring (bicyclic) bond motifs is 1. The van der Waals surface area contributed by atoms with Crippen LogP contribution < -0.4 is 5.32 Å². The van der Waals surface area contributed by atoms with Gasteiger partial charge in [-0.15, -0.1) is 0 Å². The third-order valence-corrected chi connectivity index (χ3v) is 6.47. The van der Waals surface area contributed by atoms with E-state index in [2.05, 4.69) is 10.2 Å². The molecule has 2 aliphatic heterocycles. The molecule has 29 heavy (non-hydrogen) atoms. The molecule has 0 bridgehead atoms. The van der Waals surface area contributed by atoms with Gasteiger partial charge in [0.2, 0.25) is 5.91 Å². The van der Waals surface area contributed by atoms with Gasteiger partial charge >= 0.3 is 0 Å². The van der Waals surface area contributed by atoms with Gasteiger partial charge in [-0.1, -0.05) is 36.8 Å². The van der Waals surface area contributed by atoms with E-state index in [1.165, 1.54) is 38.8 Å². The van der Waals surface area contributed by atoms with Gasteiger partial charge in [-0.05, 0) is 75.4 Å². The van der Waals surface area contributed by atoms with E-state index in [-0.39, 0.29) is 11.7 Å². The average Bonchev–Trinajstić information content (AvgIpc) is 2.75.